The van der Waals surface area contributed by atoms with Crippen molar-refractivity contribution >= 4 is 11.0 Å². The molecule has 11 nitrogen and oxygen atoms in total. The van der Waals surface area contributed by atoms with Crippen molar-refractivity contribution in [3.63, 3.8) is 0 Å². The van der Waals surface area contributed by atoms with Gasteiger partial charge in [0.25, 0.3) is 0 Å². The molecule has 2 aromatic carbocycles. The Bertz CT molecular complexity index is 1250. The van der Waals surface area contributed by atoms with Gasteiger partial charge in [0.05, 0.1) is 19.3 Å². The minimum atomic E-state index is -1.78. The number of ether oxygens (including phenoxy) is 2. The Balaban J connectivity index is 1.85. The number of methoxy groups -OCH3 is 1. The van der Waals surface area contributed by atoms with Crippen LogP contribution in [-0.2, 0) is 4.74 Å². The Morgan fingerprint density at radius 2 is 1.70 bits per heavy atom. The van der Waals surface area contributed by atoms with Crippen molar-refractivity contribution in [2.75, 3.05) is 13.7 Å². The third kappa shape index (κ3) is 3.75. The molecule has 176 valence electrons. The van der Waals surface area contributed by atoms with E-state index in [1.54, 1.807) is 0 Å². The molecule has 2 heterocycles. The number of rotatable bonds is 4. The molecule has 1 fully saturated rings. The fourth-order valence-electron chi connectivity index (χ4n) is 3.90. The van der Waals surface area contributed by atoms with Gasteiger partial charge < -0.3 is 49.6 Å². The van der Waals surface area contributed by atoms with Crippen LogP contribution >= 0.6 is 0 Å². The number of fused-ring (bicyclic) bond motifs is 1. The van der Waals surface area contributed by atoms with Gasteiger partial charge in [-0.15, -0.1) is 0 Å². The molecule has 1 aliphatic rings. The number of hydrogen-bond donors (Lipinski definition) is 7. The van der Waals surface area contributed by atoms with E-state index in [-0.39, 0.29) is 28.2 Å². The van der Waals surface area contributed by atoms with Crippen molar-refractivity contribution in [1.82, 2.24) is 0 Å². The van der Waals surface area contributed by atoms with Gasteiger partial charge in [-0.05, 0) is 18.2 Å². The van der Waals surface area contributed by atoms with E-state index < -0.39 is 59.6 Å². The summed E-state index contributed by atoms with van der Waals surface area (Å²) in [5.41, 5.74) is -0.916. The molecule has 0 amide bonds. The van der Waals surface area contributed by atoms with Gasteiger partial charge in [-0.2, -0.15) is 0 Å². The van der Waals surface area contributed by atoms with Gasteiger partial charge >= 0.3 is 0 Å². The molecule has 5 atom stereocenters. The van der Waals surface area contributed by atoms with E-state index in [1.807, 2.05) is 0 Å². The summed E-state index contributed by atoms with van der Waals surface area (Å²) in [6, 6.07) is 6.37. The van der Waals surface area contributed by atoms with Gasteiger partial charge in [0.15, 0.2) is 16.9 Å². The highest BCUT2D eigenvalue weighted by Crippen LogP contribution is 2.44. The number of phenols is 3. The van der Waals surface area contributed by atoms with Gasteiger partial charge in [-0.1, -0.05) is 0 Å². The first-order valence-electron chi connectivity index (χ1n) is 9.88. The lowest BCUT2D eigenvalue weighted by Crippen LogP contribution is -2.55. The van der Waals surface area contributed by atoms with Crippen molar-refractivity contribution < 1.29 is 49.6 Å². The molecule has 0 radical (unpaired) electrons. The zero-order valence-electron chi connectivity index (χ0n) is 17.2. The molecular formula is C22H22O11. The summed E-state index contributed by atoms with van der Waals surface area (Å²) in [6.45, 7) is -0.710. The number of aliphatic hydroxyl groups excluding tert-OH is 4. The zero-order valence-corrected chi connectivity index (χ0v) is 17.2. The van der Waals surface area contributed by atoms with Crippen LogP contribution in [0.15, 0.2) is 39.5 Å². The molecule has 1 aliphatic heterocycles. The number of hydrogen-bond acceptors (Lipinski definition) is 11. The summed E-state index contributed by atoms with van der Waals surface area (Å²) in [7, 11) is 1.35. The summed E-state index contributed by atoms with van der Waals surface area (Å²) in [4.78, 5) is 12.9. The quantitative estimate of drug-likeness (QED) is 0.278. The lowest BCUT2D eigenvalue weighted by molar-refractivity contribution is -0.232. The largest absolute Gasteiger partial charge is 0.507 e. The Morgan fingerprint density at radius 3 is 2.36 bits per heavy atom. The SMILES string of the molecule is COc1cc(-c2cc(=O)c3c(O)c([C@H]4O[C@@H](CO)[C@@H](O)C(O)C4O)c(O)cc3o2)ccc1O. The standard InChI is InChI=1S/C22H22O11/c1-31-13-4-8(2-3-9(13)24)12-5-10(25)16-14(32-12)6-11(26)17(19(16)28)22-21(30)20(29)18(27)15(7-23)33-22/h2-6,15,18,20-24,26-30H,7H2,1H3/t15-,18+,20?,21?,22+/m0/s1. The Labute approximate surface area is 185 Å². The van der Waals surface area contributed by atoms with Gasteiger partial charge in [-0.25, -0.2) is 0 Å². The fraction of sp³-hybridized carbons (Fsp3) is 0.318. The maximum Gasteiger partial charge on any atom is 0.197 e. The van der Waals surface area contributed by atoms with Gasteiger partial charge in [0.2, 0.25) is 0 Å². The van der Waals surface area contributed by atoms with Crippen LogP contribution < -0.4 is 10.2 Å². The second-order valence-electron chi connectivity index (χ2n) is 7.64. The van der Waals surface area contributed by atoms with E-state index >= 15 is 0 Å². The summed E-state index contributed by atoms with van der Waals surface area (Å²) in [5.74, 6) is -1.29. The Kier molecular flexibility index (Phi) is 5.91. The third-order valence-electron chi connectivity index (χ3n) is 5.65. The van der Waals surface area contributed by atoms with Crippen molar-refractivity contribution in [2.45, 2.75) is 30.5 Å². The highest BCUT2D eigenvalue weighted by atomic mass is 16.5. The van der Waals surface area contributed by atoms with E-state index in [1.165, 1.54) is 25.3 Å². The topological polar surface area (TPSA) is 190 Å². The molecular weight excluding hydrogens is 440 g/mol. The van der Waals surface area contributed by atoms with Crippen molar-refractivity contribution in [3.05, 3.63) is 46.1 Å². The smallest absolute Gasteiger partial charge is 0.197 e. The second-order valence-corrected chi connectivity index (χ2v) is 7.64. The predicted octanol–water partition coefficient (Wildman–Crippen LogP) is 0.100. The molecule has 11 heteroatoms. The molecule has 0 aliphatic carbocycles. The molecule has 33 heavy (non-hydrogen) atoms. The van der Waals surface area contributed by atoms with E-state index in [4.69, 9.17) is 13.9 Å². The average molecular weight is 462 g/mol. The van der Waals surface area contributed by atoms with E-state index in [0.717, 1.165) is 12.1 Å². The molecule has 1 aromatic heterocycles. The van der Waals surface area contributed by atoms with Crippen LogP contribution in [-0.4, -0.2) is 73.9 Å². The minimum Gasteiger partial charge on any atom is -0.507 e. The lowest BCUT2D eigenvalue weighted by atomic mass is 9.89. The first kappa shape index (κ1) is 22.8. The van der Waals surface area contributed by atoms with Crippen LogP contribution in [0.3, 0.4) is 0 Å². The summed E-state index contributed by atoms with van der Waals surface area (Å²) < 4.78 is 16.1. The monoisotopic (exact) mass is 462 g/mol. The molecule has 0 saturated carbocycles. The first-order chi connectivity index (χ1) is 15.7. The Hall–Kier alpha value is -3.35. The number of benzene rings is 2. The van der Waals surface area contributed by atoms with Crippen LogP contribution in [0.2, 0.25) is 0 Å². The third-order valence-corrected chi connectivity index (χ3v) is 5.65. The summed E-state index contributed by atoms with van der Waals surface area (Å²) in [6.07, 6.45) is -8.02. The van der Waals surface area contributed by atoms with E-state index in [0.29, 0.717) is 5.56 Å². The van der Waals surface area contributed by atoms with Gasteiger partial charge in [-0.3, -0.25) is 4.79 Å². The molecule has 3 aromatic rings. The maximum atomic E-state index is 12.9. The lowest BCUT2D eigenvalue weighted by Gasteiger charge is -2.40. The summed E-state index contributed by atoms with van der Waals surface area (Å²) >= 11 is 0. The number of aliphatic hydroxyl groups is 4. The van der Waals surface area contributed by atoms with Gasteiger partial charge in [0, 0.05) is 17.7 Å². The van der Waals surface area contributed by atoms with E-state index in [9.17, 15) is 40.5 Å². The first-order valence-corrected chi connectivity index (χ1v) is 9.88. The fourth-order valence-corrected chi connectivity index (χ4v) is 3.90. The molecule has 1 saturated heterocycles. The highest BCUT2D eigenvalue weighted by Gasteiger charge is 2.46. The maximum absolute atomic E-state index is 12.9. The normalized spacial score (nSPS) is 25.3. The molecule has 0 spiro atoms. The van der Waals surface area contributed by atoms with Gasteiger partial charge in [0.1, 0.15) is 58.7 Å². The van der Waals surface area contributed by atoms with Crippen molar-refractivity contribution in [2.24, 2.45) is 0 Å². The van der Waals surface area contributed by atoms with Crippen LogP contribution in [0.25, 0.3) is 22.3 Å². The van der Waals surface area contributed by atoms with Crippen LogP contribution in [0.4, 0.5) is 0 Å². The average Bonchev–Trinajstić information content (AvgIpc) is 2.78. The number of phenolic OH excluding ortho intramolecular Hbond substituents is 3. The van der Waals surface area contributed by atoms with E-state index in [2.05, 4.69) is 0 Å². The summed E-state index contributed by atoms with van der Waals surface area (Å²) in [5, 5.41) is 70.6. The Morgan fingerprint density at radius 1 is 0.970 bits per heavy atom. The molecule has 0 bridgehead atoms. The molecule has 2 unspecified atom stereocenters. The highest BCUT2D eigenvalue weighted by molar-refractivity contribution is 5.88. The van der Waals surface area contributed by atoms with Crippen molar-refractivity contribution in [3.8, 4) is 34.3 Å². The van der Waals surface area contributed by atoms with Crippen LogP contribution in [0.1, 0.15) is 11.7 Å². The molecule has 4 rings (SSSR count). The number of aromatic hydroxyl groups is 3. The van der Waals surface area contributed by atoms with Crippen LogP contribution in [0, 0.1) is 0 Å². The molecule has 7 N–H and O–H groups in total. The zero-order chi connectivity index (χ0) is 24.0. The van der Waals surface area contributed by atoms with Crippen LogP contribution in [0.5, 0.6) is 23.0 Å². The second kappa shape index (κ2) is 8.54. The minimum absolute atomic E-state index is 0.0604. The predicted molar refractivity (Wildman–Crippen MR) is 112 cm³/mol. The van der Waals surface area contributed by atoms with Crippen molar-refractivity contribution in [1.29, 1.82) is 0 Å².